The van der Waals surface area contributed by atoms with E-state index in [0.29, 0.717) is 52.8 Å². The lowest BCUT2D eigenvalue weighted by Crippen LogP contribution is -2.27. The summed E-state index contributed by atoms with van der Waals surface area (Å²) in [6, 6.07) is 17.7. The lowest BCUT2D eigenvalue weighted by Gasteiger charge is -2.13. The molecule has 214 valence electrons. The summed E-state index contributed by atoms with van der Waals surface area (Å²) in [6.07, 6.45) is 1.34. The van der Waals surface area contributed by atoms with E-state index in [1.807, 2.05) is 19.0 Å². The molecular formula is C32H28F2N4O4. The van der Waals surface area contributed by atoms with Crippen LogP contribution in [0.15, 0.2) is 83.8 Å². The Morgan fingerprint density at radius 1 is 0.952 bits per heavy atom. The smallest absolute Gasteiger partial charge is 0.266 e. The van der Waals surface area contributed by atoms with E-state index in [1.165, 1.54) is 53.2 Å². The second-order valence-corrected chi connectivity index (χ2v) is 9.95. The fraction of sp³-hybridized carbons (Fsp3) is 0.188. The maximum atomic E-state index is 15.2. The highest BCUT2D eigenvalue weighted by molar-refractivity contribution is 5.97. The molecule has 0 fully saturated rings. The first-order valence-electron chi connectivity index (χ1n) is 13.2. The molecule has 0 saturated heterocycles. The van der Waals surface area contributed by atoms with Gasteiger partial charge in [-0.15, -0.1) is 0 Å². The number of ether oxygens (including phenoxy) is 2. The molecule has 0 N–H and O–H groups in total. The standard InChI is InChI=1S/C32H28F2N4O4/c1-20-4-10-24(32(40)38(20)23-8-6-22(33)7-9-23)27(39)19-21-5-12-28(25(34)18-21)42-29-14-15-35-26-11-13-30(36-31(26)29)41-17-16-37(2)3/h4-15,18H,16-17,19H2,1-3H3. The minimum atomic E-state index is -0.684. The molecule has 0 radical (unpaired) electrons. The first kappa shape index (κ1) is 28.6. The Kier molecular flexibility index (Phi) is 8.35. The average molecular weight is 571 g/mol. The topological polar surface area (TPSA) is 86.6 Å². The molecule has 42 heavy (non-hydrogen) atoms. The van der Waals surface area contributed by atoms with Gasteiger partial charge < -0.3 is 14.4 Å². The van der Waals surface area contributed by atoms with Crippen LogP contribution in [0.25, 0.3) is 16.7 Å². The van der Waals surface area contributed by atoms with Crippen molar-refractivity contribution in [2.75, 3.05) is 27.2 Å². The van der Waals surface area contributed by atoms with E-state index in [9.17, 15) is 14.0 Å². The van der Waals surface area contributed by atoms with Crippen LogP contribution >= 0.6 is 0 Å². The number of pyridine rings is 3. The predicted octanol–water partition coefficient (Wildman–Crippen LogP) is 5.53. The van der Waals surface area contributed by atoms with Crippen LogP contribution in [0.4, 0.5) is 8.78 Å². The van der Waals surface area contributed by atoms with Crippen LogP contribution < -0.4 is 15.0 Å². The third kappa shape index (κ3) is 6.34. The van der Waals surface area contributed by atoms with Gasteiger partial charge in [0.25, 0.3) is 5.56 Å². The number of halogens is 2. The first-order chi connectivity index (χ1) is 20.2. The largest absolute Gasteiger partial charge is 0.476 e. The lowest BCUT2D eigenvalue weighted by atomic mass is 10.0. The molecule has 0 aliphatic rings. The molecule has 5 rings (SSSR count). The third-order valence-corrected chi connectivity index (χ3v) is 6.55. The number of fused-ring (bicyclic) bond motifs is 1. The van der Waals surface area contributed by atoms with Crippen molar-refractivity contribution in [2.24, 2.45) is 0 Å². The Hall–Kier alpha value is -4.96. The number of likely N-dealkylation sites (N-methyl/N-ethyl adjacent to an activating group) is 1. The van der Waals surface area contributed by atoms with E-state index >= 15 is 4.39 Å². The number of aromatic nitrogens is 3. The number of ketones is 1. The first-order valence-corrected chi connectivity index (χ1v) is 13.2. The molecule has 5 aromatic rings. The number of hydrogen-bond donors (Lipinski definition) is 0. The molecule has 0 bridgehead atoms. The SMILES string of the molecule is Cc1ccc(C(=O)Cc2ccc(Oc3ccnc4ccc(OCCN(C)C)nc34)c(F)c2)c(=O)n1-c1ccc(F)cc1. The maximum absolute atomic E-state index is 15.2. The van der Waals surface area contributed by atoms with Crippen molar-refractivity contribution in [1.29, 1.82) is 0 Å². The van der Waals surface area contributed by atoms with E-state index < -0.39 is 23.0 Å². The average Bonchev–Trinajstić information content (AvgIpc) is 2.95. The van der Waals surface area contributed by atoms with E-state index in [4.69, 9.17) is 9.47 Å². The number of aryl methyl sites for hydroxylation is 1. The Labute approximate surface area is 240 Å². The molecule has 0 aliphatic carbocycles. The summed E-state index contributed by atoms with van der Waals surface area (Å²) in [7, 11) is 3.88. The Morgan fingerprint density at radius 3 is 2.48 bits per heavy atom. The molecule has 0 amide bonds. The van der Waals surface area contributed by atoms with Gasteiger partial charge in [-0.25, -0.2) is 13.8 Å². The summed E-state index contributed by atoms with van der Waals surface area (Å²) < 4.78 is 41.5. The Morgan fingerprint density at radius 2 is 1.74 bits per heavy atom. The number of hydrogen-bond acceptors (Lipinski definition) is 7. The Balaban J connectivity index is 1.35. The zero-order valence-corrected chi connectivity index (χ0v) is 23.3. The molecule has 10 heteroatoms. The Bertz CT molecular complexity index is 1820. The highest BCUT2D eigenvalue weighted by Crippen LogP contribution is 2.31. The van der Waals surface area contributed by atoms with Gasteiger partial charge in [-0.2, -0.15) is 0 Å². The summed E-state index contributed by atoms with van der Waals surface area (Å²) in [4.78, 5) is 37.1. The van der Waals surface area contributed by atoms with Crippen LogP contribution in [-0.4, -0.2) is 52.5 Å². The minimum absolute atomic E-state index is 0.0522. The van der Waals surface area contributed by atoms with Gasteiger partial charge in [-0.3, -0.25) is 19.1 Å². The highest BCUT2D eigenvalue weighted by atomic mass is 19.1. The summed E-state index contributed by atoms with van der Waals surface area (Å²) >= 11 is 0. The molecule has 8 nitrogen and oxygen atoms in total. The number of benzene rings is 2. The van der Waals surface area contributed by atoms with Gasteiger partial charge in [-0.1, -0.05) is 6.07 Å². The number of carbonyl (C=O) groups is 1. The highest BCUT2D eigenvalue weighted by Gasteiger charge is 2.17. The van der Waals surface area contributed by atoms with Gasteiger partial charge in [-0.05, 0) is 81.2 Å². The molecule has 0 atom stereocenters. The number of nitrogens with zero attached hydrogens (tertiary/aromatic N) is 4. The van der Waals surface area contributed by atoms with Gasteiger partial charge in [0.05, 0.1) is 11.1 Å². The van der Waals surface area contributed by atoms with Crippen molar-refractivity contribution in [1.82, 2.24) is 19.4 Å². The van der Waals surface area contributed by atoms with Gasteiger partial charge in [0.2, 0.25) is 5.88 Å². The normalized spacial score (nSPS) is 11.2. The predicted molar refractivity (Wildman–Crippen MR) is 155 cm³/mol. The van der Waals surface area contributed by atoms with Crippen LogP contribution in [0.2, 0.25) is 0 Å². The van der Waals surface area contributed by atoms with Crippen LogP contribution in [0.5, 0.6) is 17.4 Å². The summed E-state index contributed by atoms with van der Waals surface area (Å²) in [5, 5.41) is 0. The van der Waals surface area contributed by atoms with E-state index in [1.54, 1.807) is 37.3 Å². The fourth-order valence-electron chi connectivity index (χ4n) is 4.37. The molecule has 0 aliphatic heterocycles. The third-order valence-electron chi connectivity index (χ3n) is 6.55. The van der Waals surface area contributed by atoms with Crippen molar-refractivity contribution in [3.63, 3.8) is 0 Å². The van der Waals surface area contributed by atoms with Crippen LogP contribution in [-0.2, 0) is 6.42 Å². The van der Waals surface area contributed by atoms with Gasteiger partial charge in [0.15, 0.2) is 23.1 Å². The van der Waals surface area contributed by atoms with Crippen LogP contribution in [0, 0.1) is 18.6 Å². The van der Waals surface area contributed by atoms with Crippen LogP contribution in [0.1, 0.15) is 21.6 Å². The van der Waals surface area contributed by atoms with Crippen molar-refractivity contribution >= 4 is 16.8 Å². The van der Waals surface area contributed by atoms with Gasteiger partial charge >= 0.3 is 0 Å². The lowest BCUT2D eigenvalue weighted by molar-refractivity contribution is 0.0991. The summed E-state index contributed by atoms with van der Waals surface area (Å²) in [5.74, 6) is -0.971. The van der Waals surface area contributed by atoms with Gasteiger partial charge in [0.1, 0.15) is 17.9 Å². The van der Waals surface area contributed by atoms with Crippen molar-refractivity contribution in [3.05, 3.63) is 118 Å². The van der Waals surface area contributed by atoms with E-state index in [-0.39, 0.29) is 17.7 Å². The zero-order valence-electron chi connectivity index (χ0n) is 23.3. The number of rotatable bonds is 10. The molecule has 3 aromatic heterocycles. The monoisotopic (exact) mass is 570 g/mol. The number of carbonyl (C=O) groups excluding carboxylic acids is 1. The van der Waals surface area contributed by atoms with Crippen molar-refractivity contribution in [2.45, 2.75) is 13.3 Å². The fourth-order valence-corrected chi connectivity index (χ4v) is 4.37. The molecular weight excluding hydrogens is 542 g/mol. The zero-order chi connectivity index (χ0) is 29.8. The second-order valence-electron chi connectivity index (χ2n) is 9.95. The molecule has 0 saturated carbocycles. The summed E-state index contributed by atoms with van der Waals surface area (Å²) in [5.41, 5.74) is 1.77. The summed E-state index contributed by atoms with van der Waals surface area (Å²) in [6.45, 7) is 2.87. The van der Waals surface area contributed by atoms with Crippen molar-refractivity contribution in [3.8, 4) is 23.1 Å². The maximum Gasteiger partial charge on any atom is 0.266 e. The molecule has 0 spiro atoms. The van der Waals surface area contributed by atoms with Gasteiger partial charge in [0, 0.05) is 42.7 Å². The van der Waals surface area contributed by atoms with E-state index in [0.717, 1.165) is 0 Å². The quantitative estimate of drug-likeness (QED) is 0.204. The minimum Gasteiger partial charge on any atom is -0.476 e. The van der Waals surface area contributed by atoms with Crippen molar-refractivity contribution < 1.29 is 23.0 Å². The molecule has 2 aromatic carbocycles. The second kappa shape index (κ2) is 12.3. The van der Waals surface area contributed by atoms with E-state index in [2.05, 4.69) is 9.97 Å². The molecule has 0 unspecified atom stereocenters. The van der Waals surface area contributed by atoms with Crippen LogP contribution in [0.3, 0.4) is 0 Å². The number of Topliss-reactive ketones (excluding diaryl/α,β-unsaturated/α-hetero) is 1. The molecule has 3 heterocycles.